The third kappa shape index (κ3) is 5.02. The number of hydrogen-bond donors (Lipinski definition) is 3. The van der Waals surface area contributed by atoms with Crippen LogP contribution in [0, 0.1) is 0 Å². The lowest BCUT2D eigenvalue weighted by molar-refractivity contribution is 0.0697. The fourth-order valence-corrected chi connectivity index (χ4v) is 2.12. The molecular formula is C14H19BrN2O4. The predicted octanol–water partition coefficient (Wildman–Crippen LogP) is 2.77. The standard InChI is InChI=1S/C14H19BrN2O4/c1-9(2)17(6-3-7-18)14(21)16-12-8-10(13(19)20)4-5-11(12)15/h4-5,8-9,18H,3,6-7H2,1-2H3,(H,16,21)(H,19,20). The van der Waals surface area contributed by atoms with Gasteiger partial charge in [0.15, 0.2) is 0 Å². The Morgan fingerprint density at radius 3 is 2.57 bits per heavy atom. The van der Waals surface area contributed by atoms with E-state index in [1.165, 1.54) is 12.1 Å². The summed E-state index contributed by atoms with van der Waals surface area (Å²) in [5.74, 6) is -1.06. The molecule has 0 aromatic heterocycles. The Balaban J connectivity index is 2.90. The van der Waals surface area contributed by atoms with Crippen LogP contribution >= 0.6 is 15.9 Å². The SMILES string of the molecule is CC(C)N(CCCO)C(=O)Nc1cc(C(=O)O)ccc1Br. The summed E-state index contributed by atoms with van der Waals surface area (Å²) in [6, 6.07) is 4.06. The van der Waals surface area contributed by atoms with Crippen LogP contribution in [0.5, 0.6) is 0 Å². The van der Waals surface area contributed by atoms with E-state index in [4.69, 9.17) is 10.2 Å². The number of carboxylic acid groups (broad SMARTS) is 1. The highest BCUT2D eigenvalue weighted by molar-refractivity contribution is 9.10. The van der Waals surface area contributed by atoms with Gasteiger partial charge in [-0.1, -0.05) is 0 Å². The zero-order chi connectivity index (χ0) is 16.0. The molecule has 2 amide bonds. The van der Waals surface area contributed by atoms with Gasteiger partial charge in [0.2, 0.25) is 0 Å². The average Bonchev–Trinajstić information content (AvgIpc) is 2.41. The largest absolute Gasteiger partial charge is 0.478 e. The zero-order valence-electron chi connectivity index (χ0n) is 12.0. The van der Waals surface area contributed by atoms with Gasteiger partial charge >= 0.3 is 12.0 Å². The van der Waals surface area contributed by atoms with Crippen LogP contribution in [-0.2, 0) is 0 Å². The summed E-state index contributed by atoms with van der Waals surface area (Å²) in [6.45, 7) is 4.18. The molecule has 1 aromatic carbocycles. The van der Waals surface area contributed by atoms with E-state index < -0.39 is 5.97 Å². The molecule has 0 aliphatic heterocycles. The van der Waals surface area contributed by atoms with Crippen LogP contribution in [0.3, 0.4) is 0 Å². The first-order valence-electron chi connectivity index (χ1n) is 6.58. The van der Waals surface area contributed by atoms with Gasteiger partial charge in [-0.2, -0.15) is 0 Å². The van der Waals surface area contributed by atoms with Crippen LogP contribution in [0.25, 0.3) is 0 Å². The molecule has 1 rings (SSSR count). The van der Waals surface area contributed by atoms with Crippen molar-refractivity contribution in [1.29, 1.82) is 0 Å². The Morgan fingerprint density at radius 1 is 1.38 bits per heavy atom. The number of aromatic carboxylic acids is 1. The van der Waals surface area contributed by atoms with Gasteiger partial charge in [-0.05, 0) is 54.4 Å². The lowest BCUT2D eigenvalue weighted by Gasteiger charge is -2.27. The van der Waals surface area contributed by atoms with Crippen molar-refractivity contribution >= 4 is 33.6 Å². The van der Waals surface area contributed by atoms with Crippen molar-refractivity contribution in [2.75, 3.05) is 18.5 Å². The number of benzene rings is 1. The van der Waals surface area contributed by atoms with Gasteiger partial charge in [0, 0.05) is 23.7 Å². The third-order valence-corrected chi connectivity index (χ3v) is 3.59. The number of carbonyl (C=O) groups is 2. The Kier molecular flexibility index (Phi) is 6.64. The summed E-state index contributed by atoms with van der Waals surface area (Å²) in [7, 11) is 0. The lowest BCUT2D eigenvalue weighted by atomic mass is 10.2. The second-order valence-corrected chi connectivity index (χ2v) is 5.65. The van der Waals surface area contributed by atoms with E-state index in [0.29, 0.717) is 23.1 Å². The van der Waals surface area contributed by atoms with Crippen LogP contribution in [0.4, 0.5) is 10.5 Å². The van der Waals surface area contributed by atoms with Gasteiger partial charge in [-0.25, -0.2) is 9.59 Å². The maximum absolute atomic E-state index is 12.3. The second-order valence-electron chi connectivity index (χ2n) is 4.79. The van der Waals surface area contributed by atoms with Gasteiger partial charge in [0.05, 0.1) is 11.3 Å². The second kappa shape index (κ2) is 7.99. The molecule has 0 unspecified atom stereocenters. The van der Waals surface area contributed by atoms with Gasteiger partial charge in [0.25, 0.3) is 0 Å². The van der Waals surface area contributed by atoms with Crippen molar-refractivity contribution in [2.45, 2.75) is 26.3 Å². The molecule has 7 heteroatoms. The molecule has 0 aliphatic rings. The minimum absolute atomic E-state index is 0.00862. The quantitative estimate of drug-likeness (QED) is 0.729. The highest BCUT2D eigenvalue weighted by Crippen LogP contribution is 2.24. The maximum Gasteiger partial charge on any atom is 0.335 e. The number of halogens is 1. The van der Waals surface area contributed by atoms with Gasteiger partial charge < -0.3 is 20.4 Å². The Bertz CT molecular complexity index is 520. The molecule has 0 aliphatic carbocycles. The van der Waals surface area contributed by atoms with Crippen molar-refractivity contribution in [3.05, 3.63) is 28.2 Å². The Morgan fingerprint density at radius 2 is 2.05 bits per heavy atom. The van der Waals surface area contributed by atoms with Crippen LogP contribution in [-0.4, -0.2) is 46.3 Å². The van der Waals surface area contributed by atoms with Crippen molar-refractivity contribution in [3.8, 4) is 0 Å². The summed E-state index contributed by atoms with van der Waals surface area (Å²) < 4.78 is 0.603. The lowest BCUT2D eigenvalue weighted by Crippen LogP contribution is -2.41. The Hall–Kier alpha value is -1.60. The molecule has 0 spiro atoms. The number of carboxylic acids is 1. The number of urea groups is 1. The maximum atomic E-state index is 12.3. The molecule has 0 saturated carbocycles. The molecule has 3 N–H and O–H groups in total. The highest BCUT2D eigenvalue weighted by atomic mass is 79.9. The molecule has 0 heterocycles. The number of amides is 2. The molecule has 0 fully saturated rings. The van der Waals surface area contributed by atoms with E-state index in [0.717, 1.165) is 0 Å². The summed E-state index contributed by atoms with van der Waals surface area (Å²) in [6.07, 6.45) is 0.488. The van der Waals surface area contributed by atoms with Crippen molar-refractivity contribution in [3.63, 3.8) is 0 Å². The average molecular weight is 359 g/mol. The first-order valence-corrected chi connectivity index (χ1v) is 7.37. The van der Waals surface area contributed by atoms with Gasteiger partial charge in [0.1, 0.15) is 0 Å². The number of aliphatic hydroxyl groups excluding tert-OH is 1. The summed E-state index contributed by atoms with van der Waals surface area (Å²) in [5, 5.41) is 20.6. The summed E-state index contributed by atoms with van der Waals surface area (Å²) in [5.41, 5.74) is 0.495. The molecular weight excluding hydrogens is 340 g/mol. The topological polar surface area (TPSA) is 89.9 Å². The Labute approximate surface area is 131 Å². The third-order valence-electron chi connectivity index (χ3n) is 2.90. The first kappa shape index (κ1) is 17.5. The molecule has 0 radical (unpaired) electrons. The van der Waals surface area contributed by atoms with Crippen molar-refractivity contribution < 1.29 is 19.8 Å². The van der Waals surface area contributed by atoms with E-state index in [1.54, 1.807) is 11.0 Å². The van der Waals surface area contributed by atoms with Gasteiger partial charge in [-0.3, -0.25) is 0 Å². The van der Waals surface area contributed by atoms with Crippen molar-refractivity contribution in [1.82, 2.24) is 4.90 Å². The smallest absolute Gasteiger partial charge is 0.335 e. The molecule has 0 bridgehead atoms. The van der Waals surface area contributed by atoms with Crippen LogP contribution in [0.2, 0.25) is 0 Å². The fraction of sp³-hybridized carbons (Fsp3) is 0.429. The molecule has 6 nitrogen and oxygen atoms in total. The number of aliphatic hydroxyl groups is 1. The van der Waals surface area contributed by atoms with Crippen molar-refractivity contribution in [2.24, 2.45) is 0 Å². The summed E-state index contributed by atoms with van der Waals surface area (Å²) >= 11 is 3.28. The number of nitrogens with one attached hydrogen (secondary N) is 1. The normalized spacial score (nSPS) is 10.5. The van der Waals surface area contributed by atoms with E-state index in [2.05, 4.69) is 21.2 Å². The number of carbonyl (C=O) groups excluding carboxylic acids is 1. The van der Waals surface area contributed by atoms with E-state index >= 15 is 0 Å². The van der Waals surface area contributed by atoms with Crippen LogP contribution in [0.1, 0.15) is 30.6 Å². The minimum atomic E-state index is -1.06. The highest BCUT2D eigenvalue weighted by Gasteiger charge is 2.18. The summed E-state index contributed by atoms with van der Waals surface area (Å²) in [4.78, 5) is 24.8. The van der Waals surface area contributed by atoms with E-state index in [1.807, 2.05) is 13.8 Å². The fourth-order valence-electron chi connectivity index (χ4n) is 1.78. The van der Waals surface area contributed by atoms with E-state index in [-0.39, 0.29) is 24.2 Å². The number of anilines is 1. The zero-order valence-corrected chi connectivity index (χ0v) is 13.6. The predicted molar refractivity (Wildman–Crippen MR) is 83.7 cm³/mol. The van der Waals surface area contributed by atoms with E-state index in [9.17, 15) is 9.59 Å². The minimum Gasteiger partial charge on any atom is -0.478 e. The molecule has 0 saturated heterocycles. The van der Waals surface area contributed by atoms with Crippen LogP contribution < -0.4 is 5.32 Å². The monoisotopic (exact) mass is 358 g/mol. The number of nitrogens with zero attached hydrogens (tertiary/aromatic N) is 1. The molecule has 1 aromatic rings. The first-order chi connectivity index (χ1) is 9.86. The van der Waals surface area contributed by atoms with Crippen LogP contribution in [0.15, 0.2) is 22.7 Å². The molecule has 21 heavy (non-hydrogen) atoms. The number of hydrogen-bond acceptors (Lipinski definition) is 3. The van der Waals surface area contributed by atoms with Gasteiger partial charge in [-0.15, -0.1) is 0 Å². The molecule has 0 atom stereocenters. The number of rotatable bonds is 6. The molecule has 116 valence electrons.